The van der Waals surface area contributed by atoms with Crippen LogP contribution in [0.2, 0.25) is 0 Å². The van der Waals surface area contributed by atoms with Gasteiger partial charge in [0, 0.05) is 57.8 Å². The van der Waals surface area contributed by atoms with Crippen molar-refractivity contribution in [2.45, 2.75) is 41.5 Å². The van der Waals surface area contributed by atoms with Crippen molar-refractivity contribution in [3.8, 4) is 0 Å². The first kappa shape index (κ1) is 22.6. The largest absolute Gasteiger partial charge is 0.301 e. The Morgan fingerprint density at radius 1 is 0.640 bits per heavy atom. The monoisotopic (exact) mass is 354 g/mol. The quantitative estimate of drug-likeness (QED) is 0.752. The summed E-state index contributed by atoms with van der Waals surface area (Å²) in [6, 6.07) is 0. The Morgan fingerprint density at radius 3 is 1.16 bits per heavy atom. The molecule has 1 fully saturated rings. The Balaban J connectivity index is 2.75. The van der Waals surface area contributed by atoms with Crippen molar-refractivity contribution in [3.05, 3.63) is 0 Å². The predicted molar refractivity (Wildman–Crippen MR) is 107 cm³/mol. The van der Waals surface area contributed by atoms with Crippen LogP contribution in [0.15, 0.2) is 0 Å². The summed E-state index contributed by atoms with van der Waals surface area (Å²) in [5, 5.41) is 0. The Bertz CT molecular complexity index is 360. The van der Waals surface area contributed by atoms with Gasteiger partial charge in [0.25, 0.3) is 0 Å². The molecule has 0 radical (unpaired) electrons. The lowest BCUT2D eigenvalue weighted by atomic mass is 9.90. The zero-order chi connectivity index (χ0) is 18.9. The molecule has 25 heavy (non-hydrogen) atoms. The van der Waals surface area contributed by atoms with Gasteiger partial charge in [-0.1, -0.05) is 41.5 Å². The molecule has 1 aliphatic rings. The van der Waals surface area contributed by atoms with E-state index in [0.717, 1.165) is 72.0 Å². The van der Waals surface area contributed by atoms with Gasteiger partial charge in [0.1, 0.15) is 0 Å². The summed E-state index contributed by atoms with van der Waals surface area (Å²) in [6.45, 7) is 25.3. The smallest absolute Gasteiger partial charge is 0.152 e. The molecule has 5 nitrogen and oxygen atoms in total. The third kappa shape index (κ3) is 8.63. The standard InChI is InChI=1S/C20H42N4O/c1-7-21-10-12-22(8-2)14-16-24(18-19(25)20(4,5)6)17-15-23(9-3)13-11-21/h7-18H2,1-6H3. The SMILES string of the molecule is CCN1CCN(CC)CCN(CC(=O)C(C)(C)C)CCN(CC)CC1. The summed E-state index contributed by atoms with van der Waals surface area (Å²) in [7, 11) is 0. The molecule has 0 unspecified atom stereocenters. The van der Waals surface area contributed by atoms with E-state index in [9.17, 15) is 4.79 Å². The molecule has 0 atom stereocenters. The van der Waals surface area contributed by atoms with Gasteiger partial charge in [-0.2, -0.15) is 0 Å². The highest BCUT2D eigenvalue weighted by molar-refractivity contribution is 5.85. The van der Waals surface area contributed by atoms with E-state index in [0.29, 0.717) is 12.3 Å². The number of hydrogen-bond acceptors (Lipinski definition) is 5. The molecule has 5 heteroatoms. The Morgan fingerprint density at radius 2 is 0.920 bits per heavy atom. The highest BCUT2D eigenvalue weighted by Crippen LogP contribution is 2.15. The molecule has 1 aliphatic heterocycles. The first-order valence-electron chi connectivity index (χ1n) is 10.2. The van der Waals surface area contributed by atoms with E-state index in [2.05, 4.69) is 40.4 Å². The van der Waals surface area contributed by atoms with Crippen molar-refractivity contribution in [3.63, 3.8) is 0 Å². The lowest BCUT2D eigenvalue weighted by Crippen LogP contribution is -2.47. The van der Waals surface area contributed by atoms with E-state index >= 15 is 0 Å². The molecule has 1 saturated heterocycles. The van der Waals surface area contributed by atoms with E-state index in [1.807, 2.05) is 20.8 Å². The highest BCUT2D eigenvalue weighted by atomic mass is 16.1. The maximum atomic E-state index is 12.5. The molecule has 0 aromatic heterocycles. The van der Waals surface area contributed by atoms with Gasteiger partial charge in [-0.3, -0.25) is 9.69 Å². The molecular formula is C20H42N4O. The summed E-state index contributed by atoms with van der Waals surface area (Å²) >= 11 is 0. The summed E-state index contributed by atoms with van der Waals surface area (Å²) in [6.07, 6.45) is 0. The lowest BCUT2D eigenvalue weighted by molar-refractivity contribution is -0.127. The second-order valence-corrected chi connectivity index (χ2v) is 8.25. The Hall–Kier alpha value is -0.490. The summed E-state index contributed by atoms with van der Waals surface area (Å²) < 4.78 is 0. The molecule has 148 valence electrons. The van der Waals surface area contributed by atoms with Crippen LogP contribution in [0.4, 0.5) is 0 Å². The zero-order valence-electron chi connectivity index (χ0n) is 17.7. The number of rotatable bonds is 5. The summed E-state index contributed by atoms with van der Waals surface area (Å²) in [5.41, 5.74) is -0.250. The fourth-order valence-corrected chi connectivity index (χ4v) is 3.13. The molecule has 0 bridgehead atoms. The predicted octanol–water partition coefficient (Wildman–Crippen LogP) is 1.88. The second kappa shape index (κ2) is 11.3. The van der Waals surface area contributed by atoms with Gasteiger partial charge in [-0.15, -0.1) is 0 Å². The maximum absolute atomic E-state index is 12.5. The average molecular weight is 355 g/mol. The van der Waals surface area contributed by atoms with E-state index < -0.39 is 0 Å². The van der Waals surface area contributed by atoms with Crippen molar-refractivity contribution in [2.24, 2.45) is 5.41 Å². The minimum atomic E-state index is -0.250. The maximum Gasteiger partial charge on any atom is 0.152 e. The lowest BCUT2D eigenvalue weighted by Gasteiger charge is -2.34. The van der Waals surface area contributed by atoms with E-state index in [-0.39, 0.29) is 5.41 Å². The van der Waals surface area contributed by atoms with E-state index in [1.165, 1.54) is 0 Å². The normalized spacial score (nSPS) is 21.7. The molecule has 0 aromatic carbocycles. The minimum absolute atomic E-state index is 0.250. The Labute approximate surface area is 156 Å². The van der Waals surface area contributed by atoms with Crippen molar-refractivity contribution in [1.29, 1.82) is 0 Å². The van der Waals surface area contributed by atoms with Gasteiger partial charge in [0.15, 0.2) is 5.78 Å². The molecule has 1 heterocycles. The van der Waals surface area contributed by atoms with Crippen molar-refractivity contribution >= 4 is 5.78 Å². The van der Waals surface area contributed by atoms with Crippen LogP contribution in [0.3, 0.4) is 0 Å². The van der Waals surface area contributed by atoms with E-state index in [1.54, 1.807) is 0 Å². The van der Waals surface area contributed by atoms with Crippen LogP contribution < -0.4 is 0 Å². The van der Waals surface area contributed by atoms with Crippen LogP contribution in [0.1, 0.15) is 41.5 Å². The van der Waals surface area contributed by atoms with Crippen LogP contribution >= 0.6 is 0 Å². The first-order chi connectivity index (χ1) is 11.8. The van der Waals surface area contributed by atoms with Crippen molar-refractivity contribution in [2.75, 3.05) is 78.5 Å². The first-order valence-corrected chi connectivity index (χ1v) is 10.2. The Kier molecular flexibility index (Phi) is 10.2. The van der Waals surface area contributed by atoms with Gasteiger partial charge in [0.05, 0.1) is 6.54 Å². The van der Waals surface area contributed by atoms with Gasteiger partial charge in [-0.05, 0) is 19.6 Å². The average Bonchev–Trinajstić information content (AvgIpc) is 2.56. The highest BCUT2D eigenvalue weighted by Gasteiger charge is 2.24. The number of Topliss-reactive ketones (excluding diaryl/α,β-unsaturated/α-hetero) is 1. The van der Waals surface area contributed by atoms with Crippen LogP contribution in [0.5, 0.6) is 0 Å². The van der Waals surface area contributed by atoms with Crippen LogP contribution in [-0.4, -0.2) is 104 Å². The number of ketones is 1. The topological polar surface area (TPSA) is 30.0 Å². The van der Waals surface area contributed by atoms with Crippen LogP contribution in [-0.2, 0) is 4.79 Å². The molecule has 1 rings (SSSR count). The number of carbonyl (C=O) groups is 1. The van der Waals surface area contributed by atoms with Crippen LogP contribution in [0.25, 0.3) is 0 Å². The number of likely N-dealkylation sites (N-methyl/N-ethyl adjacent to an activating group) is 3. The summed E-state index contributed by atoms with van der Waals surface area (Å²) in [4.78, 5) is 22.5. The third-order valence-corrected chi connectivity index (χ3v) is 5.48. The van der Waals surface area contributed by atoms with Gasteiger partial charge in [-0.25, -0.2) is 0 Å². The van der Waals surface area contributed by atoms with Gasteiger partial charge < -0.3 is 14.7 Å². The fourth-order valence-electron chi connectivity index (χ4n) is 3.13. The number of nitrogens with zero attached hydrogens (tertiary/aromatic N) is 4. The molecule has 0 N–H and O–H groups in total. The molecular weight excluding hydrogens is 312 g/mol. The fraction of sp³-hybridized carbons (Fsp3) is 0.950. The summed E-state index contributed by atoms with van der Waals surface area (Å²) in [5.74, 6) is 0.350. The number of carbonyl (C=O) groups excluding carboxylic acids is 1. The van der Waals surface area contributed by atoms with Crippen molar-refractivity contribution < 1.29 is 4.79 Å². The molecule has 0 spiro atoms. The van der Waals surface area contributed by atoms with Crippen LogP contribution in [0, 0.1) is 5.41 Å². The van der Waals surface area contributed by atoms with Gasteiger partial charge >= 0.3 is 0 Å². The van der Waals surface area contributed by atoms with E-state index in [4.69, 9.17) is 0 Å². The minimum Gasteiger partial charge on any atom is -0.301 e. The second-order valence-electron chi connectivity index (χ2n) is 8.25. The molecule has 0 amide bonds. The molecule has 0 aromatic rings. The zero-order valence-corrected chi connectivity index (χ0v) is 17.7. The van der Waals surface area contributed by atoms with Gasteiger partial charge in [0.2, 0.25) is 0 Å². The molecule has 0 aliphatic carbocycles. The third-order valence-electron chi connectivity index (χ3n) is 5.48. The number of hydrogen-bond donors (Lipinski definition) is 0. The van der Waals surface area contributed by atoms with Crippen molar-refractivity contribution in [1.82, 2.24) is 19.6 Å². The molecule has 0 saturated carbocycles.